The maximum absolute atomic E-state index is 11.8. The fourth-order valence-corrected chi connectivity index (χ4v) is 2.02. The van der Waals surface area contributed by atoms with Crippen LogP contribution >= 0.6 is 0 Å². The van der Waals surface area contributed by atoms with Gasteiger partial charge in [0.1, 0.15) is 0 Å². The van der Waals surface area contributed by atoms with Gasteiger partial charge in [-0.2, -0.15) is 0 Å². The number of nitrogens with zero attached hydrogens (tertiary/aromatic N) is 2. The lowest BCUT2D eigenvalue weighted by molar-refractivity contribution is -0.121. The van der Waals surface area contributed by atoms with E-state index in [1.54, 1.807) is 18.3 Å². The van der Waals surface area contributed by atoms with Crippen LogP contribution in [0.4, 0.5) is 5.69 Å². The molecule has 0 aliphatic carbocycles. The van der Waals surface area contributed by atoms with Crippen molar-refractivity contribution < 1.29 is 4.79 Å². The van der Waals surface area contributed by atoms with Crippen molar-refractivity contribution in [1.29, 1.82) is 0 Å². The predicted octanol–water partition coefficient (Wildman–Crippen LogP) is 0.910. The number of carbonyl (C=O) groups is 1. The first-order valence-corrected chi connectivity index (χ1v) is 6.40. The lowest BCUT2D eigenvalue weighted by Crippen LogP contribution is -2.40. The molecule has 0 atom stereocenters. The number of nitrogens with two attached hydrogens (primary N) is 1. The molecule has 1 amide bonds. The summed E-state index contributed by atoms with van der Waals surface area (Å²) in [5, 5.41) is 2.95. The molecule has 0 aliphatic heterocycles. The van der Waals surface area contributed by atoms with Crippen LogP contribution in [-0.2, 0) is 11.2 Å². The highest BCUT2D eigenvalue weighted by Gasteiger charge is 2.19. The lowest BCUT2D eigenvalue weighted by atomic mass is 9.93. The van der Waals surface area contributed by atoms with Gasteiger partial charge in [-0.15, -0.1) is 0 Å². The molecule has 0 unspecified atom stereocenters. The first kappa shape index (κ1) is 15.4. The monoisotopic (exact) mass is 264 g/mol. The molecular weight excluding hydrogens is 240 g/mol. The van der Waals surface area contributed by atoms with Crippen molar-refractivity contribution in [2.75, 3.05) is 32.9 Å². The molecule has 0 spiro atoms. The Morgan fingerprint density at radius 3 is 2.63 bits per heavy atom. The van der Waals surface area contributed by atoms with Gasteiger partial charge >= 0.3 is 0 Å². The number of anilines is 1. The third-order valence-corrected chi connectivity index (χ3v) is 2.70. The first-order chi connectivity index (χ1) is 8.78. The number of hydrogen-bond donors (Lipinski definition) is 2. The van der Waals surface area contributed by atoms with Gasteiger partial charge in [0.2, 0.25) is 5.91 Å². The second-order valence-electron chi connectivity index (χ2n) is 5.94. The molecule has 0 aromatic carbocycles. The van der Waals surface area contributed by atoms with Gasteiger partial charge in [0, 0.05) is 18.8 Å². The summed E-state index contributed by atoms with van der Waals surface area (Å²) in [5.74, 6) is -0.0101. The van der Waals surface area contributed by atoms with E-state index in [9.17, 15) is 4.79 Å². The Hall–Kier alpha value is -1.62. The number of amides is 1. The van der Waals surface area contributed by atoms with Crippen LogP contribution in [0.15, 0.2) is 18.3 Å². The van der Waals surface area contributed by atoms with E-state index in [1.165, 1.54) is 0 Å². The van der Waals surface area contributed by atoms with Crippen LogP contribution in [0.1, 0.15) is 19.5 Å². The first-order valence-electron chi connectivity index (χ1n) is 6.40. The molecule has 1 aromatic heterocycles. The molecular formula is C14H24N4O. The number of hydrogen-bond acceptors (Lipinski definition) is 4. The normalized spacial score (nSPS) is 11.6. The van der Waals surface area contributed by atoms with Crippen molar-refractivity contribution in [2.24, 2.45) is 5.41 Å². The van der Waals surface area contributed by atoms with Gasteiger partial charge in [0.15, 0.2) is 0 Å². The zero-order chi connectivity index (χ0) is 14.5. The van der Waals surface area contributed by atoms with E-state index in [4.69, 9.17) is 5.73 Å². The highest BCUT2D eigenvalue weighted by Crippen LogP contribution is 2.14. The number of nitrogens with one attached hydrogen (secondary N) is 1. The zero-order valence-corrected chi connectivity index (χ0v) is 12.2. The molecule has 19 heavy (non-hydrogen) atoms. The van der Waals surface area contributed by atoms with Crippen molar-refractivity contribution >= 4 is 11.6 Å². The minimum absolute atomic E-state index is 0.0101. The molecule has 5 nitrogen and oxygen atoms in total. The molecule has 0 bridgehead atoms. The van der Waals surface area contributed by atoms with Gasteiger partial charge in [0.05, 0.1) is 18.3 Å². The molecule has 0 radical (unpaired) electrons. The largest absolute Gasteiger partial charge is 0.397 e. The molecule has 106 valence electrons. The van der Waals surface area contributed by atoms with Crippen LogP contribution < -0.4 is 11.1 Å². The van der Waals surface area contributed by atoms with Crippen molar-refractivity contribution in [1.82, 2.24) is 15.2 Å². The van der Waals surface area contributed by atoms with E-state index in [0.717, 1.165) is 12.2 Å². The smallest absolute Gasteiger partial charge is 0.226 e. The second kappa shape index (κ2) is 6.52. The van der Waals surface area contributed by atoms with E-state index in [2.05, 4.69) is 29.0 Å². The van der Waals surface area contributed by atoms with Gasteiger partial charge in [-0.1, -0.05) is 13.8 Å². The maximum Gasteiger partial charge on any atom is 0.226 e. The SMILES string of the molecule is CN(C)CC(C)(C)CNC(=O)Cc1ccc(N)cn1. The van der Waals surface area contributed by atoms with Crippen LogP contribution in [0.2, 0.25) is 0 Å². The topological polar surface area (TPSA) is 71.2 Å². The van der Waals surface area contributed by atoms with E-state index in [-0.39, 0.29) is 11.3 Å². The van der Waals surface area contributed by atoms with Crippen molar-refractivity contribution in [3.63, 3.8) is 0 Å². The third kappa shape index (κ3) is 6.20. The van der Waals surface area contributed by atoms with E-state index in [0.29, 0.717) is 18.7 Å². The molecule has 5 heteroatoms. The van der Waals surface area contributed by atoms with Gasteiger partial charge in [-0.25, -0.2) is 0 Å². The Labute approximate surface area is 115 Å². The average molecular weight is 264 g/mol. The van der Waals surface area contributed by atoms with Crippen LogP contribution in [0, 0.1) is 5.41 Å². The Bertz CT molecular complexity index is 412. The summed E-state index contributed by atoms with van der Waals surface area (Å²) in [4.78, 5) is 18.1. The minimum atomic E-state index is -0.0101. The summed E-state index contributed by atoms with van der Waals surface area (Å²) < 4.78 is 0. The van der Waals surface area contributed by atoms with Crippen molar-refractivity contribution in [3.8, 4) is 0 Å². The summed E-state index contributed by atoms with van der Waals surface area (Å²) in [7, 11) is 4.06. The molecule has 0 saturated carbocycles. The van der Waals surface area contributed by atoms with Gasteiger partial charge in [-0.05, 0) is 31.6 Å². The van der Waals surface area contributed by atoms with Crippen LogP contribution in [0.3, 0.4) is 0 Å². The fourth-order valence-electron chi connectivity index (χ4n) is 2.02. The molecule has 0 saturated heterocycles. The maximum atomic E-state index is 11.8. The Balaban J connectivity index is 2.41. The number of nitrogen functional groups attached to an aromatic ring is 1. The third-order valence-electron chi connectivity index (χ3n) is 2.70. The highest BCUT2D eigenvalue weighted by atomic mass is 16.1. The molecule has 1 rings (SSSR count). The summed E-state index contributed by atoms with van der Waals surface area (Å²) in [6, 6.07) is 3.53. The lowest BCUT2D eigenvalue weighted by Gasteiger charge is -2.28. The fraction of sp³-hybridized carbons (Fsp3) is 0.571. The van der Waals surface area contributed by atoms with E-state index < -0.39 is 0 Å². The minimum Gasteiger partial charge on any atom is -0.397 e. The summed E-state index contributed by atoms with van der Waals surface area (Å²) in [6.07, 6.45) is 1.86. The number of pyridine rings is 1. The quantitative estimate of drug-likeness (QED) is 0.801. The number of rotatable bonds is 6. The summed E-state index contributed by atoms with van der Waals surface area (Å²) in [6.45, 7) is 5.84. The molecule has 3 N–H and O–H groups in total. The summed E-state index contributed by atoms with van der Waals surface area (Å²) in [5.41, 5.74) is 6.94. The highest BCUT2D eigenvalue weighted by molar-refractivity contribution is 5.78. The van der Waals surface area contributed by atoms with Crippen LogP contribution in [-0.4, -0.2) is 43.0 Å². The average Bonchev–Trinajstić information content (AvgIpc) is 2.28. The Morgan fingerprint density at radius 1 is 1.42 bits per heavy atom. The molecule has 0 fully saturated rings. The Kier molecular flexibility index (Phi) is 5.30. The van der Waals surface area contributed by atoms with E-state index in [1.807, 2.05) is 14.1 Å². The predicted molar refractivity (Wildman–Crippen MR) is 77.7 cm³/mol. The number of aromatic nitrogens is 1. The molecule has 1 aromatic rings. The van der Waals surface area contributed by atoms with Crippen molar-refractivity contribution in [3.05, 3.63) is 24.0 Å². The van der Waals surface area contributed by atoms with Crippen LogP contribution in [0.25, 0.3) is 0 Å². The van der Waals surface area contributed by atoms with Gasteiger partial charge in [0.25, 0.3) is 0 Å². The second-order valence-corrected chi connectivity index (χ2v) is 5.94. The molecule has 0 aliphatic rings. The van der Waals surface area contributed by atoms with E-state index >= 15 is 0 Å². The Morgan fingerprint density at radius 2 is 2.11 bits per heavy atom. The summed E-state index contributed by atoms with van der Waals surface area (Å²) >= 11 is 0. The molecule has 1 heterocycles. The van der Waals surface area contributed by atoms with Crippen LogP contribution in [0.5, 0.6) is 0 Å². The van der Waals surface area contributed by atoms with Crippen molar-refractivity contribution in [2.45, 2.75) is 20.3 Å². The van der Waals surface area contributed by atoms with Gasteiger partial charge < -0.3 is 16.0 Å². The zero-order valence-electron chi connectivity index (χ0n) is 12.2. The van der Waals surface area contributed by atoms with Gasteiger partial charge in [-0.3, -0.25) is 9.78 Å². The number of carbonyl (C=O) groups excluding carboxylic acids is 1. The standard InChI is InChI=1S/C14H24N4O/c1-14(2,10-18(3)4)9-17-13(19)7-12-6-5-11(15)8-16-12/h5-6,8H,7,9-10,15H2,1-4H3,(H,17,19).